The molecule has 0 fully saturated rings. The molecule has 3 N–H and O–H groups in total. The second-order valence-corrected chi connectivity index (χ2v) is 4.03. The smallest absolute Gasteiger partial charge is 0.219 e. The highest BCUT2D eigenvalue weighted by molar-refractivity contribution is 5.28. The van der Waals surface area contributed by atoms with Gasteiger partial charge in [0.1, 0.15) is 11.6 Å². The molecule has 0 saturated carbocycles. The first-order chi connectivity index (χ1) is 9.28. The Hall–Kier alpha value is -1.98. The van der Waals surface area contributed by atoms with E-state index in [2.05, 4.69) is 10.3 Å². The first-order valence-corrected chi connectivity index (χ1v) is 6.07. The van der Waals surface area contributed by atoms with Gasteiger partial charge in [-0.05, 0) is 29.8 Å². The van der Waals surface area contributed by atoms with Crippen LogP contribution in [0.1, 0.15) is 5.56 Å². The molecule has 5 heteroatoms. The number of nitrogens with two attached hydrogens (primary N) is 1. The van der Waals surface area contributed by atoms with Crippen molar-refractivity contribution in [3.05, 3.63) is 54.0 Å². The molecule has 0 unspecified atom stereocenters. The number of pyridine rings is 1. The Bertz CT molecular complexity index is 499. The van der Waals surface area contributed by atoms with Gasteiger partial charge in [0.25, 0.3) is 0 Å². The molecule has 0 bridgehead atoms. The van der Waals surface area contributed by atoms with Crippen LogP contribution in [0.5, 0.6) is 11.6 Å². The molecule has 2 rings (SSSR count). The average molecular weight is 261 g/mol. The van der Waals surface area contributed by atoms with Crippen LogP contribution >= 0.6 is 0 Å². The first-order valence-electron chi connectivity index (χ1n) is 6.07. The summed E-state index contributed by atoms with van der Waals surface area (Å²) >= 11 is 0. The van der Waals surface area contributed by atoms with Gasteiger partial charge < -0.3 is 15.8 Å². The number of ether oxygens (including phenoxy) is 1. The van der Waals surface area contributed by atoms with E-state index in [-0.39, 0.29) is 5.82 Å². The Morgan fingerprint density at radius 2 is 1.95 bits per heavy atom. The molecule has 4 nitrogen and oxygen atoms in total. The first kappa shape index (κ1) is 13.5. The maximum atomic E-state index is 12.7. The summed E-state index contributed by atoms with van der Waals surface area (Å²) in [6.07, 6.45) is 1.74. The summed E-state index contributed by atoms with van der Waals surface area (Å²) in [5.74, 6) is 0.749. The maximum Gasteiger partial charge on any atom is 0.219 e. The van der Waals surface area contributed by atoms with Gasteiger partial charge in [0.05, 0.1) is 0 Å². The predicted octanol–water partition coefficient (Wildman–Crippen LogP) is 2.06. The molecule has 2 aromatic rings. The molecule has 0 radical (unpaired) electrons. The zero-order chi connectivity index (χ0) is 13.5. The van der Waals surface area contributed by atoms with E-state index < -0.39 is 0 Å². The monoisotopic (exact) mass is 261 g/mol. The van der Waals surface area contributed by atoms with Gasteiger partial charge in [0, 0.05) is 31.9 Å². The number of nitrogens with one attached hydrogen (secondary N) is 1. The number of benzene rings is 1. The fourth-order valence-electron chi connectivity index (χ4n) is 1.53. The van der Waals surface area contributed by atoms with Crippen LogP contribution < -0.4 is 15.8 Å². The minimum atomic E-state index is -0.290. The number of rotatable bonds is 6. The minimum Gasteiger partial charge on any atom is -0.439 e. The van der Waals surface area contributed by atoms with E-state index in [9.17, 15) is 4.39 Å². The summed E-state index contributed by atoms with van der Waals surface area (Å²) in [5.41, 5.74) is 6.44. The van der Waals surface area contributed by atoms with Crippen LogP contribution in [0.3, 0.4) is 0 Å². The van der Waals surface area contributed by atoms with E-state index in [4.69, 9.17) is 10.5 Å². The largest absolute Gasteiger partial charge is 0.439 e. The van der Waals surface area contributed by atoms with Crippen molar-refractivity contribution >= 4 is 0 Å². The second kappa shape index (κ2) is 6.82. The third-order valence-electron chi connectivity index (χ3n) is 2.48. The van der Waals surface area contributed by atoms with Gasteiger partial charge in [-0.15, -0.1) is 0 Å². The quantitative estimate of drug-likeness (QED) is 0.781. The highest BCUT2D eigenvalue weighted by atomic mass is 19.1. The normalized spacial score (nSPS) is 10.4. The van der Waals surface area contributed by atoms with Gasteiger partial charge in [-0.1, -0.05) is 6.07 Å². The van der Waals surface area contributed by atoms with E-state index >= 15 is 0 Å². The number of aromatic nitrogens is 1. The van der Waals surface area contributed by atoms with Crippen LogP contribution in [0.2, 0.25) is 0 Å². The number of hydrogen-bond acceptors (Lipinski definition) is 4. The lowest BCUT2D eigenvalue weighted by Crippen LogP contribution is -2.21. The molecule has 0 atom stereocenters. The molecule has 0 aliphatic carbocycles. The maximum absolute atomic E-state index is 12.7. The van der Waals surface area contributed by atoms with Gasteiger partial charge in [-0.3, -0.25) is 0 Å². The van der Waals surface area contributed by atoms with Gasteiger partial charge in [-0.25, -0.2) is 9.37 Å². The highest BCUT2D eigenvalue weighted by Crippen LogP contribution is 2.19. The SMILES string of the molecule is NCCNCc1ccc(Oc2ccc(F)cc2)nc1. The third-order valence-corrected chi connectivity index (χ3v) is 2.48. The van der Waals surface area contributed by atoms with E-state index in [0.29, 0.717) is 18.2 Å². The highest BCUT2D eigenvalue weighted by Gasteiger charge is 2.00. The van der Waals surface area contributed by atoms with Crippen LogP contribution in [0.25, 0.3) is 0 Å². The molecule has 0 aliphatic rings. The fourth-order valence-corrected chi connectivity index (χ4v) is 1.53. The molecule has 100 valence electrons. The van der Waals surface area contributed by atoms with Gasteiger partial charge in [0.2, 0.25) is 5.88 Å². The molecule has 1 aromatic carbocycles. The number of nitrogens with zero attached hydrogens (tertiary/aromatic N) is 1. The Morgan fingerprint density at radius 3 is 2.58 bits per heavy atom. The van der Waals surface area contributed by atoms with Crippen molar-refractivity contribution in [1.29, 1.82) is 0 Å². The summed E-state index contributed by atoms with van der Waals surface area (Å²) < 4.78 is 18.2. The molecule has 0 spiro atoms. The Labute approximate surface area is 111 Å². The Balaban J connectivity index is 1.92. The summed E-state index contributed by atoms with van der Waals surface area (Å²) in [5, 5.41) is 3.18. The Kier molecular flexibility index (Phi) is 4.83. The van der Waals surface area contributed by atoms with Gasteiger partial charge in [-0.2, -0.15) is 0 Å². The van der Waals surface area contributed by atoms with Crippen LogP contribution in [0.15, 0.2) is 42.6 Å². The number of halogens is 1. The zero-order valence-corrected chi connectivity index (χ0v) is 10.5. The predicted molar refractivity (Wildman–Crippen MR) is 71.5 cm³/mol. The van der Waals surface area contributed by atoms with E-state index in [1.807, 2.05) is 6.07 Å². The van der Waals surface area contributed by atoms with Crippen molar-refractivity contribution < 1.29 is 9.13 Å². The van der Waals surface area contributed by atoms with Crippen molar-refractivity contribution in [3.63, 3.8) is 0 Å². The molecule has 0 amide bonds. The van der Waals surface area contributed by atoms with Crippen molar-refractivity contribution in [2.45, 2.75) is 6.54 Å². The van der Waals surface area contributed by atoms with E-state index in [0.717, 1.165) is 18.7 Å². The Morgan fingerprint density at radius 1 is 1.16 bits per heavy atom. The molecule has 0 saturated heterocycles. The average Bonchev–Trinajstić information content (AvgIpc) is 2.44. The van der Waals surface area contributed by atoms with Crippen LogP contribution in [-0.4, -0.2) is 18.1 Å². The van der Waals surface area contributed by atoms with E-state index in [1.54, 1.807) is 24.4 Å². The lowest BCUT2D eigenvalue weighted by molar-refractivity contribution is 0.460. The lowest BCUT2D eigenvalue weighted by Gasteiger charge is -2.06. The molecular formula is C14H16FN3O. The lowest BCUT2D eigenvalue weighted by atomic mass is 10.3. The van der Waals surface area contributed by atoms with Crippen molar-refractivity contribution in [2.75, 3.05) is 13.1 Å². The van der Waals surface area contributed by atoms with Crippen LogP contribution in [0, 0.1) is 5.82 Å². The summed E-state index contributed by atoms with van der Waals surface area (Å²) in [7, 11) is 0. The van der Waals surface area contributed by atoms with Crippen molar-refractivity contribution in [3.8, 4) is 11.6 Å². The summed E-state index contributed by atoms with van der Waals surface area (Å²) in [6.45, 7) is 2.11. The molecule has 0 aliphatic heterocycles. The topological polar surface area (TPSA) is 60.2 Å². The number of hydrogen-bond donors (Lipinski definition) is 2. The molecule has 1 heterocycles. The molecule has 1 aromatic heterocycles. The molecular weight excluding hydrogens is 245 g/mol. The molecule has 19 heavy (non-hydrogen) atoms. The van der Waals surface area contributed by atoms with Crippen molar-refractivity contribution in [1.82, 2.24) is 10.3 Å². The van der Waals surface area contributed by atoms with Crippen LogP contribution in [0.4, 0.5) is 4.39 Å². The standard InChI is InChI=1S/C14H16FN3O/c15-12-2-4-13(5-3-12)19-14-6-1-11(10-18-14)9-17-8-7-16/h1-6,10,17H,7-9,16H2. The summed E-state index contributed by atoms with van der Waals surface area (Å²) in [4.78, 5) is 4.19. The van der Waals surface area contributed by atoms with Crippen molar-refractivity contribution in [2.24, 2.45) is 5.73 Å². The summed E-state index contributed by atoms with van der Waals surface area (Å²) in [6, 6.07) is 9.53. The van der Waals surface area contributed by atoms with Gasteiger partial charge in [0.15, 0.2) is 0 Å². The minimum absolute atomic E-state index is 0.290. The van der Waals surface area contributed by atoms with Crippen LogP contribution in [-0.2, 0) is 6.54 Å². The second-order valence-electron chi connectivity index (χ2n) is 4.03. The third kappa shape index (κ3) is 4.31. The fraction of sp³-hybridized carbons (Fsp3) is 0.214. The zero-order valence-electron chi connectivity index (χ0n) is 10.5. The van der Waals surface area contributed by atoms with Gasteiger partial charge >= 0.3 is 0 Å². The van der Waals surface area contributed by atoms with E-state index in [1.165, 1.54) is 12.1 Å².